The Kier molecular flexibility index (Phi) is 8.42. The molecule has 0 spiro atoms. The topological polar surface area (TPSA) is 50.4 Å². The fourth-order valence-electron chi connectivity index (χ4n) is 3.10. The molecule has 1 amide bonds. The monoisotopic (exact) mass is 340 g/mol. The maximum atomic E-state index is 12.4. The molecule has 2 N–H and O–H groups in total. The summed E-state index contributed by atoms with van der Waals surface area (Å²) in [6.45, 7) is 5.38. The first-order valence-corrected chi connectivity index (χ1v) is 8.25. The first kappa shape index (κ1) is 19.8. The van der Waals surface area contributed by atoms with E-state index in [1.54, 1.807) is 7.11 Å². The lowest BCUT2D eigenvalue weighted by Crippen LogP contribution is -2.34. The number of ether oxygens (including phenoxy) is 1. The van der Waals surface area contributed by atoms with Crippen LogP contribution in [-0.2, 0) is 4.79 Å². The van der Waals surface area contributed by atoms with Crippen molar-refractivity contribution in [3.8, 4) is 5.75 Å². The van der Waals surface area contributed by atoms with Crippen LogP contribution in [0.2, 0.25) is 0 Å². The van der Waals surface area contributed by atoms with Gasteiger partial charge in [-0.3, -0.25) is 4.79 Å². The molecule has 1 aliphatic rings. The van der Waals surface area contributed by atoms with Crippen molar-refractivity contribution in [3.05, 3.63) is 29.8 Å². The molecular weight excluding hydrogens is 312 g/mol. The van der Waals surface area contributed by atoms with E-state index < -0.39 is 0 Å². The number of carbonyl (C=O) groups is 1. The first-order chi connectivity index (χ1) is 10.6. The molecule has 0 radical (unpaired) electrons. The third-order valence-electron chi connectivity index (χ3n) is 4.15. The number of hydrogen-bond donors (Lipinski definition) is 2. The van der Waals surface area contributed by atoms with E-state index in [0.717, 1.165) is 30.7 Å². The van der Waals surface area contributed by atoms with Crippen LogP contribution in [-0.4, -0.2) is 25.6 Å². The minimum Gasteiger partial charge on any atom is -0.496 e. The quantitative estimate of drug-likeness (QED) is 0.799. The van der Waals surface area contributed by atoms with Gasteiger partial charge < -0.3 is 15.4 Å². The number of amides is 1. The molecule has 130 valence electrons. The van der Waals surface area contributed by atoms with Crippen LogP contribution in [0.15, 0.2) is 24.3 Å². The third-order valence-corrected chi connectivity index (χ3v) is 4.15. The van der Waals surface area contributed by atoms with Crippen LogP contribution in [0, 0.1) is 5.92 Å². The van der Waals surface area contributed by atoms with Gasteiger partial charge in [-0.05, 0) is 37.8 Å². The SMILES string of the molecule is COc1ccccc1C(CC(C)C)NC(=O)CC1CCCN1.Cl. The maximum absolute atomic E-state index is 12.4. The molecular formula is C18H29ClN2O2. The van der Waals surface area contributed by atoms with Gasteiger partial charge in [-0.2, -0.15) is 0 Å². The summed E-state index contributed by atoms with van der Waals surface area (Å²) < 4.78 is 5.46. The molecule has 4 nitrogen and oxygen atoms in total. The van der Waals surface area contributed by atoms with Crippen LogP contribution in [0.4, 0.5) is 0 Å². The highest BCUT2D eigenvalue weighted by Gasteiger charge is 2.22. The Labute approximate surface area is 145 Å². The Bertz CT molecular complexity index is 488. The molecule has 1 aliphatic heterocycles. The van der Waals surface area contributed by atoms with Gasteiger partial charge in [0.1, 0.15) is 5.75 Å². The number of para-hydroxylation sites is 1. The molecule has 2 unspecified atom stereocenters. The lowest BCUT2D eigenvalue weighted by atomic mass is 9.96. The van der Waals surface area contributed by atoms with Crippen molar-refractivity contribution < 1.29 is 9.53 Å². The van der Waals surface area contributed by atoms with E-state index >= 15 is 0 Å². The summed E-state index contributed by atoms with van der Waals surface area (Å²) in [5, 5.41) is 6.59. The van der Waals surface area contributed by atoms with E-state index in [0.29, 0.717) is 18.4 Å². The van der Waals surface area contributed by atoms with Crippen LogP contribution < -0.4 is 15.4 Å². The summed E-state index contributed by atoms with van der Waals surface area (Å²) in [5.74, 6) is 1.46. The Balaban J connectivity index is 0.00000264. The van der Waals surface area contributed by atoms with Crippen molar-refractivity contribution in [2.75, 3.05) is 13.7 Å². The molecule has 1 saturated heterocycles. The van der Waals surface area contributed by atoms with Crippen LogP contribution in [0.3, 0.4) is 0 Å². The standard InChI is InChI=1S/C18H28N2O2.ClH/c1-13(2)11-16(15-8-4-5-9-17(15)22-3)20-18(21)12-14-7-6-10-19-14;/h4-5,8-9,13-14,16,19H,6-7,10-12H2,1-3H3,(H,20,21);1H. The second-order valence-electron chi connectivity index (χ2n) is 6.49. The van der Waals surface area contributed by atoms with Gasteiger partial charge in [-0.25, -0.2) is 0 Å². The molecule has 1 aromatic carbocycles. The molecule has 2 atom stereocenters. The van der Waals surface area contributed by atoms with E-state index in [1.807, 2.05) is 24.3 Å². The average molecular weight is 341 g/mol. The summed E-state index contributed by atoms with van der Waals surface area (Å²) in [5.41, 5.74) is 1.06. The molecule has 5 heteroatoms. The predicted molar refractivity (Wildman–Crippen MR) is 96.2 cm³/mol. The lowest BCUT2D eigenvalue weighted by molar-refractivity contribution is -0.122. The van der Waals surface area contributed by atoms with Crippen molar-refractivity contribution in [1.82, 2.24) is 10.6 Å². The Morgan fingerprint density at radius 3 is 2.74 bits per heavy atom. The fraction of sp³-hybridized carbons (Fsp3) is 0.611. The molecule has 0 aliphatic carbocycles. The highest BCUT2D eigenvalue weighted by molar-refractivity contribution is 5.85. The number of halogens is 1. The molecule has 1 fully saturated rings. The van der Waals surface area contributed by atoms with Crippen molar-refractivity contribution >= 4 is 18.3 Å². The minimum absolute atomic E-state index is 0. The summed E-state index contributed by atoms with van der Waals surface area (Å²) in [7, 11) is 1.68. The highest BCUT2D eigenvalue weighted by Crippen LogP contribution is 2.29. The first-order valence-electron chi connectivity index (χ1n) is 8.25. The molecule has 0 bridgehead atoms. The van der Waals surface area contributed by atoms with Crippen molar-refractivity contribution in [2.24, 2.45) is 5.92 Å². The normalized spacial score (nSPS) is 18.3. The van der Waals surface area contributed by atoms with Crippen LogP contribution >= 0.6 is 12.4 Å². The lowest BCUT2D eigenvalue weighted by Gasteiger charge is -2.23. The molecule has 1 aromatic rings. The summed E-state index contributed by atoms with van der Waals surface area (Å²) in [6.07, 6.45) is 3.73. The van der Waals surface area contributed by atoms with Crippen LogP contribution in [0.25, 0.3) is 0 Å². The summed E-state index contributed by atoms with van der Waals surface area (Å²) >= 11 is 0. The van der Waals surface area contributed by atoms with Gasteiger partial charge >= 0.3 is 0 Å². The number of carbonyl (C=O) groups excluding carboxylic acids is 1. The van der Waals surface area contributed by atoms with E-state index in [-0.39, 0.29) is 24.4 Å². The highest BCUT2D eigenvalue weighted by atomic mass is 35.5. The number of rotatable bonds is 7. The van der Waals surface area contributed by atoms with Crippen LogP contribution in [0.5, 0.6) is 5.75 Å². The van der Waals surface area contributed by atoms with Gasteiger partial charge in [0.25, 0.3) is 0 Å². The van der Waals surface area contributed by atoms with E-state index in [4.69, 9.17) is 4.74 Å². The molecule has 2 rings (SSSR count). The maximum Gasteiger partial charge on any atom is 0.222 e. The third kappa shape index (κ3) is 6.04. The predicted octanol–water partition coefficient (Wildman–Crippen LogP) is 3.46. The summed E-state index contributed by atoms with van der Waals surface area (Å²) in [4.78, 5) is 12.4. The van der Waals surface area contributed by atoms with Gasteiger partial charge in [0.2, 0.25) is 5.91 Å². The fourth-order valence-corrected chi connectivity index (χ4v) is 3.10. The Morgan fingerprint density at radius 2 is 2.13 bits per heavy atom. The molecule has 0 saturated carbocycles. The van der Waals surface area contributed by atoms with Crippen molar-refractivity contribution in [3.63, 3.8) is 0 Å². The summed E-state index contributed by atoms with van der Waals surface area (Å²) in [6, 6.07) is 8.28. The zero-order chi connectivity index (χ0) is 15.9. The number of benzene rings is 1. The van der Waals surface area contributed by atoms with Crippen molar-refractivity contribution in [2.45, 2.75) is 51.6 Å². The van der Waals surface area contributed by atoms with E-state index in [9.17, 15) is 4.79 Å². The number of methoxy groups -OCH3 is 1. The average Bonchev–Trinajstić information content (AvgIpc) is 2.98. The van der Waals surface area contributed by atoms with E-state index in [1.165, 1.54) is 6.42 Å². The number of hydrogen-bond acceptors (Lipinski definition) is 3. The largest absolute Gasteiger partial charge is 0.496 e. The number of nitrogens with one attached hydrogen (secondary N) is 2. The zero-order valence-electron chi connectivity index (χ0n) is 14.3. The molecule has 0 aromatic heterocycles. The smallest absolute Gasteiger partial charge is 0.222 e. The van der Waals surface area contributed by atoms with Gasteiger partial charge in [-0.15, -0.1) is 12.4 Å². The van der Waals surface area contributed by atoms with Gasteiger partial charge in [-0.1, -0.05) is 32.0 Å². The Hall–Kier alpha value is -1.26. The van der Waals surface area contributed by atoms with Crippen molar-refractivity contribution in [1.29, 1.82) is 0 Å². The van der Waals surface area contributed by atoms with E-state index in [2.05, 4.69) is 24.5 Å². The van der Waals surface area contributed by atoms with Crippen LogP contribution in [0.1, 0.15) is 51.1 Å². The van der Waals surface area contributed by atoms with Gasteiger partial charge in [0.05, 0.1) is 13.2 Å². The molecule has 23 heavy (non-hydrogen) atoms. The minimum atomic E-state index is 0. The van der Waals surface area contributed by atoms with Gasteiger partial charge in [0, 0.05) is 18.0 Å². The second kappa shape index (κ2) is 9.78. The van der Waals surface area contributed by atoms with Gasteiger partial charge in [0.15, 0.2) is 0 Å². The second-order valence-corrected chi connectivity index (χ2v) is 6.49. The molecule has 1 heterocycles. The Morgan fingerprint density at radius 1 is 1.39 bits per heavy atom. The zero-order valence-corrected chi connectivity index (χ0v) is 15.1.